The van der Waals surface area contributed by atoms with Gasteiger partial charge < -0.3 is 5.11 Å². The van der Waals surface area contributed by atoms with E-state index in [1.54, 1.807) is 4.68 Å². The Labute approximate surface area is 110 Å². The van der Waals surface area contributed by atoms with Crippen LogP contribution in [0.15, 0.2) is 4.47 Å². The van der Waals surface area contributed by atoms with Crippen LogP contribution in [0.1, 0.15) is 38.1 Å². The lowest BCUT2D eigenvalue weighted by Crippen LogP contribution is -2.23. The summed E-state index contributed by atoms with van der Waals surface area (Å²) in [6.45, 7) is 6.55. The summed E-state index contributed by atoms with van der Waals surface area (Å²) in [5.41, 5.74) is 1.73. The van der Waals surface area contributed by atoms with Gasteiger partial charge in [-0.15, -0.1) is 0 Å². The van der Waals surface area contributed by atoms with Crippen LogP contribution < -0.4 is 0 Å². The van der Waals surface area contributed by atoms with E-state index in [9.17, 15) is 9.90 Å². The summed E-state index contributed by atoms with van der Waals surface area (Å²) >= 11 is 3.44. The van der Waals surface area contributed by atoms with E-state index in [0.29, 0.717) is 6.42 Å². The minimum Gasteiger partial charge on any atom is -0.385 e. The van der Waals surface area contributed by atoms with Crippen LogP contribution in [0.3, 0.4) is 0 Å². The van der Waals surface area contributed by atoms with Crippen LogP contribution in [-0.2, 0) is 17.8 Å². The first kappa shape index (κ1) is 14.4. The minimum absolute atomic E-state index is 0.137. The van der Waals surface area contributed by atoms with Crippen molar-refractivity contribution in [3.8, 4) is 0 Å². The molecule has 0 amide bonds. The lowest BCUT2D eigenvalue weighted by molar-refractivity contribution is -0.126. The van der Waals surface area contributed by atoms with Crippen molar-refractivity contribution in [1.29, 1.82) is 0 Å². The Kier molecular flexibility index (Phi) is 5.33. The summed E-state index contributed by atoms with van der Waals surface area (Å²) in [7, 11) is 0. The Balaban J connectivity index is 2.84. The van der Waals surface area contributed by atoms with E-state index in [1.165, 1.54) is 0 Å². The molecule has 1 atom stereocenters. The van der Waals surface area contributed by atoms with Crippen LogP contribution in [-0.4, -0.2) is 26.8 Å². The highest BCUT2D eigenvalue weighted by molar-refractivity contribution is 9.10. The molecule has 1 unspecified atom stereocenters. The Bertz CT molecular complexity index is 401. The standard InChI is InChI=1S/C12H19BrN2O2/c1-4-6-10(16)11(17)7-9-12(13)8(3)14-15(9)5-2/h10,16H,4-7H2,1-3H3. The van der Waals surface area contributed by atoms with Crippen molar-refractivity contribution in [1.82, 2.24) is 9.78 Å². The largest absolute Gasteiger partial charge is 0.385 e. The van der Waals surface area contributed by atoms with Crippen molar-refractivity contribution in [3.05, 3.63) is 15.9 Å². The van der Waals surface area contributed by atoms with E-state index < -0.39 is 6.10 Å². The number of Topliss-reactive ketones (excluding diaryl/α,β-unsaturated/α-hetero) is 1. The van der Waals surface area contributed by atoms with Gasteiger partial charge in [-0.3, -0.25) is 9.48 Å². The van der Waals surface area contributed by atoms with Gasteiger partial charge in [0.25, 0.3) is 0 Å². The summed E-state index contributed by atoms with van der Waals surface area (Å²) in [5.74, 6) is -0.137. The zero-order chi connectivity index (χ0) is 13.0. The third kappa shape index (κ3) is 3.39. The number of hydrogen-bond donors (Lipinski definition) is 1. The van der Waals surface area contributed by atoms with Crippen LogP contribution in [0, 0.1) is 6.92 Å². The number of aryl methyl sites for hydroxylation is 2. The van der Waals surface area contributed by atoms with Gasteiger partial charge >= 0.3 is 0 Å². The first-order valence-electron chi connectivity index (χ1n) is 5.93. The van der Waals surface area contributed by atoms with Crippen molar-refractivity contribution >= 4 is 21.7 Å². The zero-order valence-corrected chi connectivity index (χ0v) is 12.1. The maximum absolute atomic E-state index is 11.8. The molecule has 0 bridgehead atoms. The number of aromatic nitrogens is 2. The summed E-state index contributed by atoms with van der Waals surface area (Å²) in [4.78, 5) is 11.8. The Hall–Kier alpha value is -0.680. The average molecular weight is 303 g/mol. The zero-order valence-electron chi connectivity index (χ0n) is 10.5. The summed E-state index contributed by atoms with van der Waals surface area (Å²) in [5, 5.41) is 14.0. The highest BCUT2D eigenvalue weighted by atomic mass is 79.9. The van der Waals surface area contributed by atoms with Gasteiger partial charge in [0.05, 0.1) is 22.3 Å². The van der Waals surface area contributed by atoms with Gasteiger partial charge in [0.15, 0.2) is 5.78 Å². The smallest absolute Gasteiger partial charge is 0.167 e. The van der Waals surface area contributed by atoms with E-state index in [4.69, 9.17) is 0 Å². The topological polar surface area (TPSA) is 55.1 Å². The molecule has 0 saturated carbocycles. The van der Waals surface area contributed by atoms with E-state index in [-0.39, 0.29) is 12.2 Å². The molecule has 1 aromatic rings. The van der Waals surface area contributed by atoms with Gasteiger partial charge in [0, 0.05) is 6.54 Å². The molecule has 0 radical (unpaired) electrons. The number of carbonyl (C=O) groups is 1. The van der Waals surface area contributed by atoms with Crippen molar-refractivity contribution in [2.45, 2.75) is 52.7 Å². The quantitative estimate of drug-likeness (QED) is 0.877. The van der Waals surface area contributed by atoms with Crippen molar-refractivity contribution in [3.63, 3.8) is 0 Å². The molecule has 0 aliphatic heterocycles. The fourth-order valence-electron chi connectivity index (χ4n) is 1.76. The predicted molar refractivity (Wildman–Crippen MR) is 70.0 cm³/mol. The average Bonchev–Trinajstić information content (AvgIpc) is 2.57. The van der Waals surface area contributed by atoms with Crippen LogP contribution in [0.4, 0.5) is 0 Å². The second kappa shape index (κ2) is 6.31. The van der Waals surface area contributed by atoms with Crippen LogP contribution >= 0.6 is 15.9 Å². The molecule has 0 aromatic carbocycles. The van der Waals surface area contributed by atoms with Crippen molar-refractivity contribution < 1.29 is 9.90 Å². The van der Waals surface area contributed by atoms with Crippen molar-refractivity contribution in [2.24, 2.45) is 0 Å². The first-order chi connectivity index (χ1) is 8.01. The summed E-state index contributed by atoms with van der Waals surface area (Å²) in [6.07, 6.45) is 0.708. The third-order valence-corrected chi connectivity index (χ3v) is 3.76. The number of carbonyl (C=O) groups excluding carboxylic acids is 1. The first-order valence-corrected chi connectivity index (χ1v) is 6.73. The molecule has 5 heteroatoms. The van der Waals surface area contributed by atoms with Gasteiger partial charge in [-0.2, -0.15) is 5.10 Å². The monoisotopic (exact) mass is 302 g/mol. The maximum Gasteiger partial charge on any atom is 0.167 e. The summed E-state index contributed by atoms with van der Waals surface area (Å²) in [6, 6.07) is 0. The second-order valence-electron chi connectivity index (χ2n) is 4.11. The van der Waals surface area contributed by atoms with Crippen molar-refractivity contribution in [2.75, 3.05) is 0 Å². The molecule has 0 aliphatic rings. The molecule has 1 heterocycles. The molecule has 1 N–H and O–H groups in total. The lowest BCUT2D eigenvalue weighted by Gasteiger charge is -2.09. The molecule has 1 aromatic heterocycles. The van der Waals surface area contributed by atoms with Crippen LogP contribution in [0.5, 0.6) is 0 Å². The molecule has 0 saturated heterocycles. The number of hydrogen-bond acceptors (Lipinski definition) is 3. The van der Waals surface area contributed by atoms with Gasteiger partial charge in [-0.05, 0) is 36.2 Å². The van der Waals surface area contributed by atoms with E-state index in [0.717, 1.165) is 28.8 Å². The predicted octanol–water partition coefficient (Wildman–Crippen LogP) is 2.25. The number of nitrogens with zero attached hydrogens (tertiary/aromatic N) is 2. The van der Waals surface area contributed by atoms with Gasteiger partial charge in [-0.1, -0.05) is 13.3 Å². The second-order valence-corrected chi connectivity index (χ2v) is 4.90. The molecular weight excluding hydrogens is 284 g/mol. The molecule has 96 valence electrons. The van der Waals surface area contributed by atoms with Gasteiger partial charge in [0.2, 0.25) is 0 Å². The van der Waals surface area contributed by atoms with Crippen LogP contribution in [0.25, 0.3) is 0 Å². The SMILES string of the molecule is CCCC(O)C(=O)Cc1c(Br)c(C)nn1CC. The maximum atomic E-state index is 11.8. The molecule has 17 heavy (non-hydrogen) atoms. The normalized spacial score (nSPS) is 12.8. The fraction of sp³-hybridized carbons (Fsp3) is 0.667. The minimum atomic E-state index is -0.854. The number of halogens is 1. The number of rotatable bonds is 6. The number of aliphatic hydroxyl groups is 1. The Morgan fingerprint density at radius 2 is 2.18 bits per heavy atom. The molecule has 0 aliphatic carbocycles. The molecule has 0 spiro atoms. The molecule has 0 fully saturated rings. The van der Waals surface area contributed by atoms with Crippen LogP contribution in [0.2, 0.25) is 0 Å². The van der Waals surface area contributed by atoms with E-state index in [1.807, 2.05) is 20.8 Å². The van der Waals surface area contributed by atoms with E-state index in [2.05, 4.69) is 21.0 Å². The third-order valence-electron chi connectivity index (χ3n) is 2.73. The lowest BCUT2D eigenvalue weighted by atomic mass is 10.1. The van der Waals surface area contributed by atoms with E-state index >= 15 is 0 Å². The van der Waals surface area contributed by atoms with Gasteiger partial charge in [-0.25, -0.2) is 0 Å². The molecule has 4 nitrogen and oxygen atoms in total. The Morgan fingerprint density at radius 3 is 2.71 bits per heavy atom. The highest BCUT2D eigenvalue weighted by Crippen LogP contribution is 2.22. The number of aliphatic hydroxyl groups excluding tert-OH is 1. The molecule has 1 rings (SSSR count). The Morgan fingerprint density at radius 1 is 1.53 bits per heavy atom. The molecular formula is C12H19BrN2O2. The van der Waals surface area contributed by atoms with Gasteiger partial charge in [0.1, 0.15) is 6.10 Å². The highest BCUT2D eigenvalue weighted by Gasteiger charge is 2.20. The fourth-order valence-corrected chi connectivity index (χ4v) is 2.18. The number of ketones is 1. The summed E-state index contributed by atoms with van der Waals surface area (Å²) < 4.78 is 2.67.